The van der Waals surface area contributed by atoms with Gasteiger partial charge in [-0.3, -0.25) is 9.59 Å². The lowest BCUT2D eigenvalue weighted by Crippen LogP contribution is -2.48. The first-order valence-corrected chi connectivity index (χ1v) is 5.84. The van der Waals surface area contributed by atoms with Crippen LogP contribution in [0.15, 0.2) is 5.10 Å². The fraction of sp³-hybridized carbons (Fsp3) is 0.636. The number of carbonyl (C=O) groups excluding carboxylic acids is 2. The standard InChI is InChI=1S/C11H17N3O4/c1-3-6(2)9(11(17)18)12-10(16)7-4-5-8(15)14-13-7/h6,9H,3-5H2,1-2H3,(H,12,16)(H,14,15)(H,17,18)/t6?,9-/m0/s1. The Balaban J connectivity index is 2.67. The lowest BCUT2D eigenvalue weighted by atomic mass is 9.99. The van der Waals surface area contributed by atoms with Crippen molar-refractivity contribution in [3.63, 3.8) is 0 Å². The van der Waals surface area contributed by atoms with Crippen LogP contribution in [0, 0.1) is 5.92 Å². The second-order valence-corrected chi connectivity index (χ2v) is 4.27. The van der Waals surface area contributed by atoms with Gasteiger partial charge in [0.25, 0.3) is 5.91 Å². The van der Waals surface area contributed by atoms with E-state index in [0.717, 1.165) is 0 Å². The van der Waals surface area contributed by atoms with Crippen LogP contribution < -0.4 is 10.7 Å². The summed E-state index contributed by atoms with van der Waals surface area (Å²) in [6, 6.07) is -0.942. The molecule has 0 aliphatic carbocycles. The maximum absolute atomic E-state index is 11.8. The van der Waals surface area contributed by atoms with Gasteiger partial charge in [-0.15, -0.1) is 0 Å². The van der Waals surface area contributed by atoms with Crippen molar-refractivity contribution in [3.8, 4) is 0 Å². The summed E-state index contributed by atoms with van der Waals surface area (Å²) in [6.45, 7) is 3.61. The maximum atomic E-state index is 11.8. The number of amides is 2. The summed E-state index contributed by atoms with van der Waals surface area (Å²) < 4.78 is 0. The van der Waals surface area contributed by atoms with E-state index in [9.17, 15) is 14.4 Å². The third kappa shape index (κ3) is 3.54. The number of carbonyl (C=O) groups is 3. The van der Waals surface area contributed by atoms with E-state index in [1.165, 1.54) is 0 Å². The molecule has 0 bridgehead atoms. The van der Waals surface area contributed by atoms with Crippen molar-refractivity contribution in [1.82, 2.24) is 10.7 Å². The molecule has 0 saturated carbocycles. The zero-order chi connectivity index (χ0) is 13.7. The molecule has 1 aliphatic rings. The molecule has 0 aromatic heterocycles. The molecular weight excluding hydrogens is 238 g/mol. The fourth-order valence-electron chi connectivity index (χ4n) is 1.55. The van der Waals surface area contributed by atoms with Crippen LogP contribution in [-0.4, -0.2) is 34.6 Å². The zero-order valence-electron chi connectivity index (χ0n) is 10.4. The molecule has 0 aromatic rings. The summed E-state index contributed by atoms with van der Waals surface area (Å²) in [5.74, 6) is -2.03. The largest absolute Gasteiger partial charge is 0.480 e. The molecule has 1 heterocycles. The van der Waals surface area contributed by atoms with Crippen LogP contribution in [0.2, 0.25) is 0 Å². The van der Waals surface area contributed by atoms with Crippen molar-refractivity contribution < 1.29 is 19.5 Å². The van der Waals surface area contributed by atoms with Gasteiger partial charge < -0.3 is 10.4 Å². The SMILES string of the molecule is CCC(C)[C@H](NC(=O)C1=NNC(=O)CC1)C(=O)O. The molecule has 2 amide bonds. The second kappa shape index (κ2) is 6.13. The van der Waals surface area contributed by atoms with Crippen LogP contribution in [0.25, 0.3) is 0 Å². The van der Waals surface area contributed by atoms with Crippen LogP contribution in [-0.2, 0) is 14.4 Å². The quantitative estimate of drug-likeness (QED) is 0.635. The van der Waals surface area contributed by atoms with Gasteiger partial charge in [-0.05, 0) is 5.92 Å². The smallest absolute Gasteiger partial charge is 0.326 e. The predicted molar refractivity (Wildman–Crippen MR) is 63.8 cm³/mol. The van der Waals surface area contributed by atoms with Gasteiger partial charge in [-0.2, -0.15) is 5.10 Å². The summed E-state index contributed by atoms with van der Waals surface area (Å²) in [6.07, 6.45) is 1.05. The number of aliphatic carboxylic acids is 1. The molecule has 1 aliphatic heterocycles. The summed E-state index contributed by atoms with van der Waals surface area (Å²) in [5.41, 5.74) is 2.36. The lowest BCUT2D eigenvalue weighted by molar-refractivity contribution is -0.142. The van der Waals surface area contributed by atoms with Crippen LogP contribution >= 0.6 is 0 Å². The number of carboxylic acid groups (broad SMARTS) is 1. The van der Waals surface area contributed by atoms with Gasteiger partial charge in [0.15, 0.2) is 0 Å². The van der Waals surface area contributed by atoms with Crippen molar-refractivity contribution in [2.45, 2.75) is 39.2 Å². The molecule has 0 aromatic carbocycles. The third-order valence-electron chi connectivity index (χ3n) is 2.93. The Morgan fingerprint density at radius 3 is 2.61 bits per heavy atom. The van der Waals surface area contributed by atoms with Crippen LogP contribution in [0.4, 0.5) is 0 Å². The average Bonchev–Trinajstić information content (AvgIpc) is 2.35. The van der Waals surface area contributed by atoms with Gasteiger partial charge in [0.2, 0.25) is 5.91 Å². The summed E-state index contributed by atoms with van der Waals surface area (Å²) >= 11 is 0. The number of carboxylic acids is 1. The van der Waals surface area contributed by atoms with Gasteiger partial charge in [0, 0.05) is 12.8 Å². The highest BCUT2D eigenvalue weighted by Crippen LogP contribution is 2.09. The zero-order valence-corrected chi connectivity index (χ0v) is 10.4. The molecule has 1 rings (SSSR count). The highest BCUT2D eigenvalue weighted by Gasteiger charge is 2.28. The van der Waals surface area contributed by atoms with Gasteiger partial charge in [-0.1, -0.05) is 20.3 Å². The van der Waals surface area contributed by atoms with E-state index < -0.39 is 17.9 Å². The number of hydrogen-bond donors (Lipinski definition) is 3. The minimum Gasteiger partial charge on any atom is -0.480 e. The molecular formula is C11H17N3O4. The predicted octanol–water partition coefficient (Wildman–Crippen LogP) is -0.132. The Labute approximate surface area is 105 Å². The van der Waals surface area contributed by atoms with E-state index in [2.05, 4.69) is 15.8 Å². The van der Waals surface area contributed by atoms with E-state index in [0.29, 0.717) is 6.42 Å². The topological polar surface area (TPSA) is 108 Å². The van der Waals surface area contributed by atoms with Crippen molar-refractivity contribution >= 4 is 23.5 Å². The van der Waals surface area contributed by atoms with Crippen LogP contribution in [0.3, 0.4) is 0 Å². The lowest BCUT2D eigenvalue weighted by Gasteiger charge is -2.21. The average molecular weight is 255 g/mol. The maximum Gasteiger partial charge on any atom is 0.326 e. The molecule has 1 unspecified atom stereocenters. The third-order valence-corrected chi connectivity index (χ3v) is 2.93. The number of nitrogens with zero attached hydrogens (tertiary/aromatic N) is 1. The minimum absolute atomic E-state index is 0.157. The van der Waals surface area contributed by atoms with E-state index in [-0.39, 0.29) is 30.4 Å². The first kappa shape index (κ1) is 14.1. The number of nitrogens with one attached hydrogen (secondary N) is 2. The molecule has 3 N–H and O–H groups in total. The highest BCUT2D eigenvalue weighted by molar-refractivity contribution is 6.39. The van der Waals surface area contributed by atoms with Crippen molar-refractivity contribution in [2.24, 2.45) is 11.0 Å². The summed E-state index contributed by atoms with van der Waals surface area (Å²) in [7, 11) is 0. The first-order valence-electron chi connectivity index (χ1n) is 5.84. The van der Waals surface area contributed by atoms with Crippen molar-refractivity contribution in [2.75, 3.05) is 0 Å². The minimum atomic E-state index is -1.07. The normalized spacial score (nSPS) is 18.3. The highest BCUT2D eigenvalue weighted by atomic mass is 16.4. The van der Waals surface area contributed by atoms with Gasteiger partial charge in [0.05, 0.1) is 0 Å². The summed E-state index contributed by atoms with van der Waals surface area (Å²) in [4.78, 5) is 33.7. The number of rotatable bonds is 5. The molecule has 2 atom stereocenters. The Morgan fingerprint density at radius 2 is 2.17 bits per heavy atom. The van der Waals surface area contributed by atoms with E-state index in [1.54, 1.807) is 6.92 Å². The molecule has 7 nitrogen and oxygen atoms in total. The first-order chi connectivity index (χ1) is 8.45. The van der Waals surface area contributed by atoms with Crippen LogP contribution in [0.5, 0.6) is 0 Å². The number of hydrazone groups is 1. The molecule has 0 radical (unpaired) electrons. The Bertz CT molecular complexity index is 392. The Hall–Kier alpha value is -1.92. The summed E-state index contributed by atoms with van der Waals surface area (Å²) in [5, 5.41) is 15.1. The van der Waals surface area contributed by atoms with Crippen LogP contribution in [0.1, 0.15) is 33.1 Å². The van der Waals surface area contributed by atoms with Gasteiger partial charge in [0.1, 0.15) is 11.8 Å². The van der Waals surface area contributed by atoms with Crippen molar-refractivity contribution in [3.05, 3.63) is 0 Å². The molecule has 18 heavy (non-hydrogen) atoms. The Morgan fingerprint density at radius 1 is 1.50 bits per heavy atom. The van der Waals surface area contributed by atoms with E-state index in [1.807, 2.05) is 6.92 Å². The fourth-order valence-corrected chi connectivity index (χ4v) is 1.55. The van der Waals surface area contributed by atoms with Gasteiger partial charge in [-0.25, -0.2) is 10.2 Å². The number of hydrogen-bond acceptors (Lipinski definition) is 4. The molecule has 0 fully saturated rings. The van der Waals surface area contributed by atoms with Crippen molar-refractivity contribution in [1.29, 1.82) is 0 Å². The van der Waals surface area contributed by atoms with Gasteiger partial charge >= 0.3 is 5.97 Å². The van der Waals surface area contributed by atoms with E-state index >= 15 is 0 Å². The molecule has 7 heteroatoms. The van der Waals surface area contributed by atoms with E-state index in [4.69, 9.17) is 5.11 Å². The monoisotopic (exact) mass is 255 g/mol. The molecule has 0 spiro atoms. The molecule has 100 valence electrons. The second-order valence-electron chi connectivity index (χ2n) is 4.27. The molecule has 0 saturated heterocycles. The Kier molecular flexibility index (Phi) is 4.82.